The summed E-state index contributed by atoms with van der Waals surface area (Å²) in [4.78, 5) is 1.59. The van der Waals surface area contributed by atoms with Crippen molar-refractivity contribution < 1.29 is 4.21 Å². The number of hydrogen-bond donors (Lipinski definition) is 1. The molecule has 100 valence electrons. The second kappa shape index (κ2) is 5.89. The summed E-state index contributed by atoms with van der Waals surface area (Å²) in [5.74, 6) is 1.77. The van der Waals surface area contributed by atoms with E-state index in [0.717, 1.165) is 24.3 Å². The Labute approximate surface area is 129 Å². The lowest BCUT2D eigenvalue weighted by Crippen LogP contribution is -2.38. The Bertz CT molecular complexity index is 450. The first kappa shape index (κ1) is 13.5. The molecule has 1 aromatic heterocycles. The van der Waals surface area contributed by atoms with Gasteiger partial charge < -0.3 is 5.32 Å². The van der Waals surface area contributed by atoms with Gasteiger partial charge in [-0.1, -0.05) is 0 Å². The van der Waals surface area contributed by atoms with Crippen LogP contribution in [0.5, 0.6) is 0 Å². The quantitative estimate of drug-likeness (QED) is 0.780. The maximum absolute atomic E-state index is 11.4. The van der Waals surface area contributed by atoms with E-state index < -0.39 is 10.8 Å². The van der Waals surface area contributed by atoms with Crippen LogP contribution < -0.4 is 5.32 Å². The minimum atomic E-state index is -0.548. The van der Waals surface area contributed by atoms with Crippen molar-refractivity contribution in [3.63, 3.8) is 0 Å². The average molecular weight is 395 g/mol. The summed E-state index contributed by atoms with van der Waals surface area (Å²) in [6.07, 6.45) is 5.99. The summed E-state index contributed by atoms with van der Waals surface area (Å²) >= 11 is 4.39. The Morgan fingerprint density at radius 2 is 2.11 bits per heavy atom. The van der Waals surface area contributed by atoms with Crippen molar-refractivity contribution >= 4 is 44.7 Å². The largest absolute Gasteiger partial charge is 0.307 e. The van der Waals surface area contributed by atoms with Crippen LogP contribution in [-0.4, -0.2) is 21.8 Å². The highest BCUT2D eigenvalue weighted by molar-refractivity contribution is 14.1. The third-order valence-electron chi connectivity index (χ3n) is 3.91. The fraction of sp³-hybridized carbons (Fsp3) is 0.692. The van der Waals surface area contributed by atoms with Crippen molar-refractivity contribution in [1.29, 1.82) is 0 Å². The zero-order valence-electron chi connectivity index (χ0n) is 10.3. The Kier molecular flexibility index (Phi) is 4.42. The standard InChI is InChI=1S/C13H18INOS2/c14-13-8-10-11(2-1-3-12(10)17-13)15-9-4-6-18(16)7-5-9/h8-9,11,15H,1-7H2. The lowest BCUT2D eigenvalue weighted by Gasteiger charge is -2.30. The number of hydrogen-bond acceptors (Lipinski definition) is 3. The summed E-state index contributed by atoms with van der Waals surface area (Å²) in [5.41, 5.74) is 1.54. The topological polar surface area (TPSA) is 29.1 Å². The van der Waals surface area contributed by atoms with Crippen LogP contribution in [0.15, 0.2) is 6.07 Å². The monoisotopic (exact) mass is 395 g/mol. The first-order valence-corrected chi connectivity index (χ1v) is 10.00. The molecule has 1 aliphatic heterocycles. The highest BCUT2D eigenvalue weighted by Crippen LogP contribution is 2.36. The fourth-order valence-electron chi connectivity index (χ4n) is 2.94. The van der Waals surface area contributed by atoms with Gasteiger partial charge in [-0.05, 0) is 66.3 Å². The Hall–Kier alpha value is 0.540. The van der Waals surface area contributed by atoms with Gasteiger partial charge in [0.2, 0.25) is 0 Å². The minimum absolute atomic E-state index is 0.546. The maximum atomic E-state index is 11.4. The molecule has 0 spiro atoms. The number of thiophene rings is 1. The second-order valence-corrected chi connectivity index (χ2v) is 9.89. The molecule has 1 fully saturated rings. The smallest absolute Gasteiger partial charge is 0.0659 e. The summed E-state index contributed by atoms with van der Waals surface area (Å²) in [7, 11) is -0.548. The van der Waals surface area contributed by atoms with Crippen molar-refractivity contribution in [2.75, 3.05) is 11.5 Å². The highest BCUT2D eigenvalue weighted by Gasteiger charge is 2.26. The molecule has 0 aromatic carbocycles. The first-order valence-electron chi connectivity index (χ1n) is 6.61. The van der Waals surface area contributed by atoms with Gasteiger partial charge in [-0.15, -0.1) is 11.3 Å². The number of rotatable bonds is 2. The molecular weight excluding hydrogens is 377 g/mol. The Morgan fingerprint density at radius 1 is 1.33 bits per heavy atom. The van der Waals surface area contributed by atoms with E-state index in [2.05, 4.69) is 34.0 Å². The molecule has 2 nitrogen and oxygen atoms in total. The zero-order valence-corrected chi connectivity index (χ0v) is 14.1. The van der Waals surface area contributed by atoms with Crippen LogP contribution in [0.1, 0.15) is 42.2 Å². The van der Waals surface area contributed by atoms with Crippen molar-refractivity contribution in [2.45, 2.75) is 44.2 Å². The molecule has 1 atom stereocenters. The van der Waals surface area contributed by atoms with Crippen molar-refractivity contribution in [1.82, 2.24) is 5.32 Å². The van der Waals surface area contributed by atoms with Crippen LogP contribution in [-0.2, 0) is 17.2 Å². The molecule has 1 aromatic rings. The predicted molar refractivity (Wildman–Crippen MR) is 86.7 cm³/mol. The van der Waals surface area contributed by atoms with E-state index >= 15 is 0 Å². The lowest BCUT2D eigenvalue weighted by molar-refractivity contribution is 0.378. The molecule has 5 heteroatoms. The Balaban J connectivity index is 1.68. The molecule has 0 amide bonds. The fourth-order valence-corrected chi connectivity index (χ4v) is 6.36. The van der Waals surface area contributed by atoms with Crippen molar-refractivity contribution in [3.05, 3.63) is 19.4 Å². The zero-order chi connectivity index (χ0) is 12.5. The molecule has 0 saturated carbocycles. The van der Waals surface area contributed by atoms with E-state index in [-0.39, 0.29) is 0 Å². The van der Waals surface area contributed by atoms with Gasteiger partial charge in [0.1, 0.15) is 0 Å². The lowest BCUT2D eigenvalue weighted by atomic mass is 9.93. The average Bonchev–Trinajstić information content (AvgIpc) is 2.73. The van der Waals surface area contributed by atoms with Crippen LogP contribution >= 0.6 is 33.9 Å². The molecule has 1 saturated heterocycles. The summed E-state index contributed by atoms with van der Waals surface area (Å²) in [6.45, 7) is 0. The SMILES string of the molecule is O=S1CCC(NC2CCCc3sc(I)cc32)CC1. The summed E-state index contributed by atoms with van der Waals surface area (Å²) in [6, 6.07) is 3.49. The van der Waals surface area contributed by atoms with Gasteiger partial charge in [0.15, 0.2) is 0 Å². The molecule has 2 aliphatic rings. The minimum Gasteiger partial charge on any atom is -0.307 e. The van der Waals surface area contributed by atoms with Gasteiger partial charge in [-0.3, -0.25) is 4.21 Å². The van der Waals surface area contributed by atoms with Crippen LogP contribution in [0.4, 0.5) is 0 Å². The van der Waals surface area contributed by atoms with Gasteiger partial charge in [0, 0.05) is 39.3 Å². The number of nitrogens with one attached hydrogen (secondary N) is 1. The van der Waals surface area contributed by atoms with E-state index in [1.165, 1.54) is 22.1 Å². The van der Waals surface area contributed by atoms with E-state index in [9.17, 15) is 4.21 Å². The van der Waals surface area contributed by atoms with Crippen LogP contribution in [0.2, 0.25) is 0 Å². The van der Waals surface area contributed by atoms with Crippen molar-refractivity contribution in [3.8, 4) is 0 Å². The van der Waals surface area contributed by atoms with E-state index in [1.54, 1.807) is 10.4 Å². The second-order valence-electron chi connectivity index (χ2n) is 5.16. The molecule has 1 aliphatic carbocycles. The van der Waals surface area contributed by atoms with Gasteiger partial charge >= 0.3 is 0 Å². The normalized spacial score (nSPS) is 32.2. The maximum Gasteiger partial charge on any atom is 0.0659 e. The highest BCUT2D eigenvalue weighted by atomic mass is 127. The van der Waals surface area contributed by atoms with Crippen molar-refractivity contribution in [2.24, 2.45) is 0 Å². The van der Waals surface area contributed by atoms with Gasteiger partial charge in [-0.25, -0.2) is 0 Å². The van der Waals surface area contributed by atoms with E-state index in [4.69, 9.17) is 0 Å². The summed E-state index contributed by atoms with van der Waals surface area (Å²) < 4.78 is 12.8. The van der Waals surface area contributed by atoms with E-state index in [0.29, 0.717) is 12.1 Å². The summed E-state index contributed by atoms with van der Waals surface area (Å²) in [5, 5.41) is 3.82. The predicted octanol–water partition coefficient (Wildman–Crippen LogP) is 3.23. The third-order valence-corrected chi connectivity index (χ3v) is 7.26. The molecule has 1 unspecified atom stereocenters. The van der Waals surface area contributed by atoms with Gasteiger partial charge in [0.25, 0.3) is 0 Å². The number of fused-ring (bicyclic) bond motifs is 1. The molecule has 18 heavy (non-hydrogen) atoms. The van der Waals surface area contributed by atoms with Gasteiger partial charge in [-0.2, -0.15) is 0 Å². The molecular formula is C13H18INOS2. The number of aryl methyl sites for hydroxylation is 1. The number of halogens is 1. The molecule has 1 N–H and O–H groups in total. The van der Waals surface area contributed by atoms with Crippen LogP contribution in [0.3, 0.4) is 0 Å². The molecule has 0 bridgehead atoms. The Morgan fingerprint density at radius 3 is 2.89 bits per heavy atom. The first-order chi connectivity index (χ1) is 8.72. The van der Waals surface area contributed by atoms with E-state index in [1.807, 2.05) is 11.3 Å². The molecule has 0 radical (unpaired) electrons. The molecule has 3 rings (SSSR count). The third kappa shape index (κ3) is 2.99. The van der Waals surface area contributed by atoms with Gasteiger partial charge in [0.05, 0.1) is 2.88 Å². The molecule has 2 heterocycles. The van der Waals surface area contributed by atoms with Crippen LogP contribution in [0.25, 0.3) is 0 Å². The van der Waals surface area contributed by atoms with Crippen LogP contribution in [0, 0.1) is 2.88 Å².